The minimum absolute atomic E-state index is 0.205. The summed E-state index contributed by atoms with van der Waals surface area (Å²) in [7, 11) is -3.66. The average molecular weight is 256 g/mol. The summed E-state index contributed by atoms with van der Waals surface area (Å²) in [5.74, 6) is 0.385. The second kappa shape index (κ2) is 4.78. The van der Waals surface area contributed by atoms with Crippen LogP contribution in [0.25, 0.3) is 0 Å². The largest absolute Gasteiger partial charge is 0.297 e. The molecule has 0 saturated heterocycles. The van der Waals surface area contributed by atoms with E-state index in [2.05, 4.69) is 13.8 Å². The molecule has 0 radical (unpaired) electrons. The zero-order valence-corrected chi connectivity index (χ0v) is 11.8. The van der Waals surface area contributed by atoms with Crippen molar-refractivity contribution in [3.8, 4) is 0 Å². The minimum atomic E-state index is -3.66. The van der Waals surface area contributed by atoms with E-state index in [1.165, 1.54) is 0 Å². The van der Waals surface area contributed by atoms with Crippen LogP contribution in [0, 0.1) is 0 Å². The van der Waals surface area contributed by atoms with Crippen molar-refractivity contribution in [2.75, 3.05) is 0 Å². The van der Waals surface area contributed by atoms with E-state index in [-0.39, 0.29) is 4.90 Å². The Morgan fingerprint density at radius 2 is 1.53 bits per heavy atom. The van der Waals surface area contributed by atoms with Gasteiger partial charge < -0.3 is 0 Å². The molecule has 0 bridgehead atoms. The van der Waals surface area contributed by atoms with E-state index in [1.807, 2.05) is 12.1 Å². The van der Waals surface area contributed by atoms with Gasteiger partial charge in [0.15, 0.2) is 0 Å². The maximum atomic E-state index is 11.9. The fourth-order valence-corrected chi connectivity index (χ4v) is 2.62. The number of hydrogen-bond acceptors (Lipinski definition) is 3. The van der Waals surface area contributed by atoms with E-state index in [0.29, 0.717) is 5.92 Å². The fraction of sp³-hybridized carbons (Fsp3) is 0.538. The molecule has 1 rings (SSSR count). The van der Waals surface area contributed by atoms with E-state index in [1.54, 1.807) is 32.9 Å². The molecular weight excluding hydrogens is 236 g/mol. The van der Waals surface area contributed by atoms with E-state index >= 15 is 0 Å². The van der Waals surface area contributed by atoms with E-state index in [9.17, 15) is 8.42 Å². The molecule has 0 unspecified atom stereocenters. The predicted octanol–water partition coefficient (Wildman–Crippen LogP) is 3.31. The summed E-state index contributed by atoms with van der Waals surface area (Å²) in [6.07, 6.45) is 0. The van der Waals surface area contributed by atoms with Crippen molar-refractivity contribution in [2.24, 2.45) is 0 Å². The number of hydrogen-bond donors (Lipinski definition) is 0. The number of rotatable bonds is 3. The second-order valence-corrected chi connectivity index (χ2v) is 6.92. The molecule has 4 heteroatoms. The van der Waals surface area contributed by atoms with Crippen LogP contribution >= 0.6 is 0 Å². The van der Waals surface area contributed by atoms with Gasteiger partial charge in [-0.15, -0.1) is 0 Å². The van der Waals surface area contributed by atoms with Crippen LogP contribution < -0.4 is 0 Å². The Morgan fingerprint density at radius 1 is 1.06 bits per heavy atom. The van der Waals surface area contributed by atoms with Gasteiger partial charge in [0, 0.05) is 0 Å². The van der Waals surface area contributed by atoms with E-state index in [0.717, 1.165) is 5.56 Å². The third-order valence-electron chi connectivity index (χ3n) is 2.20. The highest BCUT2D eigenvalue weighted by Gasteiger charge is 2.23. The van der Waals surface area contributed by atoms with Crippen LogP contribution in [0.4, 0.5) is 0 Å². The Balaban J connectivity index is 3.01. The lowest BCUT2D eigenvalue weighted by molar-refractivity contribution is 0.139. The van der Waals surface area contributed by atoms with Crippen LogP contribution in [0.15, 0.2) is 29.2 Å². The monoisotopic (exact) mass is 256 g/mol. The second-order valence-electron chi connectivity index (χ2n) is 5.37. The molecule has 96 valence electrons. The molecule has 0 spiro atoms. The third-order valence-corrected chi connectivity index (χ3v) is 3.76. The Bertz CT molecular complexity index is 464. The van der Waals surface area contributed by atoms with Crippen molar-refractivity contribution < 1.29 is 12.6 Å². The first-order valence-electron chi connectivity index (χ1n) is 5.67. The summed E-state index contributed by atoms with van der Waals surface area (Å²) in [6, 6.07) is 6.83. The van der Waals surface area contributed by atoms with E-state index < -0.39 is 15.7 Å². The molecule has 0 fully saturated rings. The number of benzene rings is 1. The van der Waals surface area contributed by atoms with Gasteiger partial charge in [0.05, 0.1) is 10.5 Å². The summed E-state index contributed by atoms with van der Waals surface area (Å²) in [4.78, 5) is 0.205. The van der Waals surface area contributed by atoms with Crippen LogP contribution in [-0.4, -0.2) is 14.0 Å². The van der Waals surface area contributed by atoms with Gasteiger partial charge in [-0.25, -0.2) is 0 Å². The Kier molecular flexibility index (Phi) is 3.99. The van der Waals surface area contributed by atoms with Crippen LogP contribution in [0.1, 0.15) is 46.1 Å². The summed E-state index contributed by atoms with van der Waals surface area (Å²) >= 11 is 0. The van der Waals surface area contributed by atoms with Crippen molar-refractivity contribution in [3.05, 3.63) is 29.8 Å². The summed E-state index contributed by atoms with van der Waals surface area (Å²) in [5.41, 5.74) is 0.398. The van der Waals surface area contributed by atoms with Gasteiger partial charge in [-0.2, -0.15) is 8.42 Å². The molecule has 0 aliphatic carbocycles. The van der Waals surface area contributed by atoms with Gasteiger partial charge in [-0.1, -0.05) is 26.0 Å². The molecule has 0 amide bonds. The van der Waals surface area contributed by atoms with Crippen molar-refractivity contribution in [3.63, 3.8) is 0 Å². The molecule has 0 atom stereocenters. The molecule has 1 aromatic rings. The smallest absolute Gasteiger partial charge is 0.261 e. The quantitative estimate of drug-likeness (QED) is 0.779. The molecule has 0 heterocycles. The molecule has 17 heavy (non-hydrogen) atoms. The first-order chi connectivity index (χ1) is 7.62. The zero-order valence-electron chi connectivity index (χ0n) is 11.0. The van der Waals surface area contributed by atoms with Crippen molar-refractivity contribution in [2.45, 2.75) is 51.0 Å². The van der Waals surface area contributed by atoms with Gasteiger partial charge in [-0.3, -0.25) is 4.18 Å². The molecule has 1 aromatic carbocycles. The minimum Gasteiger partial charge on any atom is -0.261 e. The maximum Gasteiger partial charge on any atom is 0.297 e. The molecule has 0 aromatic heterocycles. The van der Waals surface area contributed by atoms with Gasteiger partial charge in [0.1, 0.15) is 0 Å². The van der Waals surface area contributed by atoms with Gasteiger partial charge in [-0.05, 0) is 44.4 Å². The summed E-state index contributed by atoms with van der Waals surface area (Å²) in [6.45, 7) is 9.28. The highest BCUT2D eigenvalue weighted by Crippen LogP contribution is 2.22. The van der Waals surface area contributed by atoms with Gasteiger partial charge >= 0.3 is 0 Å². The lowest BCUT2D eigenvalue weighted by Crippen LogP contribution is -2.24. The Morgan fingerprint density at radius 3 is 1.88 bits per heavy atom. The molecule has 0 aliphatic heterocycles. The lowest BCUT2D eigenvalue weighted by atomic mass is 10.0. The van der Waals surface area contributed by atoms with Crippen LogP contribution in [0.3, 0.4) is 0 Å². The molecule has 0 saturated carbocycles. The van der Waals surface area contributed by atoms with Crippen molar-refractivity contribution >= 4 is 10.1 Å². The Hall–Kier alpha value is -0.870. The van der Waals surface area contributed by atoms with Gasteiger partial charge in [0.2, 0.25) is 0 Å². The summed E-state index contributed by atoms with van der Waals surface area (Å²) < 4.78 is 28.9. The first kappa shape index (κ1) is 14.2. The van der Waals surface area contributed by atoms with Crippen LogP contribution in [-0.2, 0) is 14.3 Å². The maximum absolute atomic E-state index is 11.9. The topological polar surface area (TPSA) is 43.4 Å². The fourth-order valence-electron chi connectivity index (χ4n) is 1.40. The van der Waals surface area contributed by atoms with Crippen molar-refractivity contribution in [1.29, 1.82) is 0 Å². The zero-order chi connectivity index (χ0) is 13.3. The summed E-state index contributed by atoms with van der Waals surface area (Å²) in [5, 5.41) is 0. The highest BCUT2D eigenvalue weighted by molar-refractivity contribution is 7.86. The first-order valence-corrected chi connectivity index (χ1v) is 7.08. The molecular formula is C13H20O3S. The van der Waals surface area contributed by atoms with E-state index in [4.69, 9.17) is 4.18 Å². The highest BCUT2D eigenvalue weighted by atomic mass is 32.2. The van der Waals surface area contributed by atoms with Crippen LogP contribution in [0.5, 0.6) is 0 Å². The van der Waals surface area contributed by atoms with Crippen LogP contribution in [0.2, 0.25) is 0 Å². The normalized spacial score (nSPS) is 13.1. The van der Waals surface area contributed by atoms with Gasteiger partial charge in [0.25, 0.3) is 10.1 Å². The lowest BCUT2D eigenvalue weighted by Gasteiger charge is -2.19. The predicted molar refractivity (Wildman–Crippen MR) is 68.6 cm³/mol. The molecule has 0 aliphatic rings. The molecule has 0 N–H and O–H groups in total. The average Bonchev–Trinajstić information content (AvgIpc) is 2.14. The SMILES string of the molecule is CC(C)c1ccc(S(=O)(=O)OC(C)(C)C)cc1. The molecule has 3 nitrogen and oxygen atoms in total. The van der Waals surface area contributed by atoms with Crippen molar-refractivity contribution in [1.82, 2.24) is 0 Å². The third kappa shape index (κ3) is 4.13. The Labute approximate surface area is 104 Å². The standard InChI is InChI=1S/C13H20O3S/c1-10(2)11-6-8-12(9-7-11)17(14,15)16-13(3,4)5/h6-10H,1-5H3.